The molecule has 20 atom stereocenters. The lowest BCUT2D eigenvalue weighted by Crippen LogP contribution is -2.61. The molecule has 5 unspecified atom stereocenters. The third-order valence-corrected chi connectivity index (χ3v) is 15.8. The standard InChI is InChI=1S/C39H56O13P2S/c1-5-21-13-19(2)20(3)27(45-21)16-28-32(33(43-4)29(47-28)15-23(52-54)18-44-53)39(55(41,42)24-9-7-6-8-10-24)25(40)14-22-11-12-26-34(46-22)37-38-36(48-26)35-30(49-38)17-31(50-35)51-37/h6-10,19,21-23,26-39H,3,5,11-18,53-54H2,1-2,4H3/t19-,21+,22-,23+,26+,27-,28+,29-,30-,31+,32?,33+,34+,35?,36?,37+,38-,39+/m1/s1. The number of carbonyl (C=O) groups excluding carboxylic acids is 1. The first kappa shape index (κ1) is 40.8. The molecule has 13 nitrogen and oxygen atoms in total. The van der Waals surface area contributed by atoms with Crippen LogP contribution in [-0.4, -0.2) is 125 Å². The summed E-state index contributed by atoms with van der Waals surface area (Å²) >= 11 is 0. The summed E-state index contributed by atoms with van der Waals surface area (Å²) in [5, 5.41) is -1.51. The number of rotatable bonds is 15. The Bertz CT molecular complexity index is 1640. The number of sulfone groups is 1. The van der Waals surface area contributed by atoms with Crippen LogP contribution >= 0.6 is 18.9 Å². The third kappa shape index (κ3) is 7.81. The lowest BCUT2D eigenvalue weighted by atomic mass is 9.81. The molecule has 0 radical (unpaired) electrons. The molecule has 0 N–H and O–H groups in total. The van der Waals surface area contributed by atoms with Crippen molar-refractivity contribution < 1.29 is 60.2 Å². The Hall–Kier alpha value is -0.960. The number of benzene rings is 1. The predicted molar refractivity (Wildman–Crippen MR) is 205 cm³/mol. The van der Waals surface area contributed by atoms with Crippen molar-refractivity contribution in [1.82, 2.24) is 0 Å². The summed E-state index contributed by atoms with van der Waals surface area (Å²) < 4.78 is 92.6. The van der Waals surface area contributed by atoms with Crippen molar-refractivity contribution in [2.24, 2.45) is 11.8 Å². The van der Waals surface area contributed by atoms with Crippen molar-refractivity contribution in [1.29, 1.82) is 0 Å². The maximum absolute atomic E-state index is 15.1. The first-order valence-corrected chi connectivity index (χ1v) is 22.3. The van der Waals surface area contributed by atoms with Crippen LogP contribution in [-0.2, 0) is 61.6 Å². The van der Waals surface area contributed by atoms with E-state index in [-0.39, 0.29) is 66.8 Å². The summed E-state index contributed by atoms with van der Waals surface area (Å²) in [6.45, 7) is 8.88. The van der Waals surface area contributed by atoms with Crippen LogP contribution in [0.1, 0.15) is 65.2 Å². The topological polar surface area (TPSA) is 144 Å². The van der Waals surface area contributed by atoms with Gasteiger partial charge in [0.1, 0.15) is 35.8 Å². The maximum Gasteiger partial charge on any atom is 0.188 e. The van der Waals surface area contributed by atoms with Gasteiger partial charge >= 0.3 is 0 Å². The zero-order valence-electron chi connectivity index (χ0n) is 31.7. The fourth-order valence-corrected chi connectivity index (χ4v) is 12.7. The SMILES string of the molecule is C=C1[C@H](C)C[C@H](CC)O[C@@H]1C[C@@H]1O[C@H](C[C@@H](COP)OP)[C@H](OC)C1[C@H](C(=O)C[C@H]1CC[C@@H]2OC3C4O[C@@H]5C[C@H]4O[C@H]3[C@@H](O5)[C@H]2O1)S(=O)(=O)c1ccccc1. The Balaban J connectivity index is 1.11. The molecule has 306 valence electrons. The molecule has 0 spiro atoms. The minimum absolute atomic E-state index is 0.0283. The van der Waals surface area contributed by atoms with Crippen LogP contribution in [0, 0.1) is 11.8 Å². The fourth-order valence-electron chi connectivity index (χ4n) is 10.3. The van der Waals surface area contributed by atoms with Gasteiger partial charge in [0.2, 0.25) is 0 Å². The molecule has 0 aromatic heterocycles. The van der Waals surface area contributed by atoms with E-state index >= 15 is 4.79 Å². The number of fused-ring (bicyclic) bond motifs is 1. The monoisotopic (exact) mass is 826 g/mol. The normalized spacial score (nSPS) is 43.3. The predicted octanol–water partition coefficient (Wildman–Crippen LogP) is 4.30. The van der Waals surface area contributed by atoms with Crippen molar-refractivity contribution in [3.05, 3.63) is 42.5 Å². The van der Waals surface area contributed by atoms with Crippen LogP contribution in [0.5, 0.6) is 0 Å². The maximum atomic E-state index is 15.1. The van der Waals surface area contributed by atoms with E-state index in [1.165, 1.54) is 19.2 Å². The van der Waals surface area contributed by atoms with E-state index in [4.69, 9.17) is 46.9 Å². The van der Waals surface area contributed by atoms with Gasteiger partial charge in [-0.3, -0.25) is 4.79 Å². The lowest BCUT2D eigenvalue weighted by molar-refractivity contribution is -0.264. The second-order valence-corrected chi connectivity index (χ2v) is 19.0. The van der Waals surface area contributed by atoms with Gasteiger partial charge in [0.25, 0.3) is 0 Å². The van der Waals surface area contributed by atoms with Crippen LogP contribution in [0.4, 0.5) is 0 Å². The van der Waals surface area contributed by atoms with Gasteiger partial charge in [-0.1, -0.05) is 38.6 Å². The van der Waals surface area contributed by atoms with Gasteiger partial charge in [-0.25, -0.2) is 8.42 Å². The highest BCUT2D eigenvalue weighted by molar-refractivity contribution is 7.92. The molecular weight excluding hydrogens is 770 g/mol. The molecule has 6 bridgehead atoms. The van der Waals surface area contributed by atoms with Crippen molar-refractivity contribution in [2.45, 2.75) is 167 Å². The van der Waals surface area contributed by atoms with Gasteiger partial charge in [0, 0.05) is 57.6 Å². The van der Waals surface area contributed by atoms with Gasteiger partial charge in [-0.2, -0.15) is 0 Å². The third-order valence-electron chi connectivity index (χ3n) is 13.0. The van der Waals surface area contributed by atoms with Crippen molar-refractivity contribution >= 4 is 34.6 Å². The van der Waals surface area contributed by atoms with Crippen LogP contribution < -0.4 is 0 Å². The highest BCUT2D eigenvalue weighted by Crippen LogP contribution is 2.49. The molecule has 0 amide bonds. The van der Waals surface area contributed by atoms with E-state index in [1.807, 2.05) is 0 Å². The first-order chi connectivity index (χ1) is 26.5. The molecule has 16 heteroatoms. The summed E-state index contributed by atoms with van der Waals surface area (Å²) in [6.07, 6.45) is -1.72. The molecular formula is C39H56O13P2S. The Morgan fingerprint density at radius 3 is 2.33 bits per heavy atom. The quantitative estimate of drug-likeness (QED) is 0.183. The smallest absolute Gasteiger partial charge is 0.188 e. The Morgan fingerprint density at radius 2 is 1.60 bits per heavy atom. The summed E-state index contributed by atoms with van der Waals surface area (Å²) in [6, 6.07) is 8.16. The van der Waals surface area contributed by atoms with Crippen molar-refractivity contribution in [2.75, 3.05) is 13.7 Å². The second kappa shape index (κ2) is 17.0. The van der Waals surface area contributed by atoms with Gasteiger partial charge < -0.3 is 46.9 Å². The van der Waals surface area contributed by atoms with Crippen LogP contribution in [0.3, 0.4) is 0 Å². The molecule has 8 aliphatic heterocycles. The van der Waals surface area contributed by atoms with Crippen molar-refractivity contribution in [3.8, 4) is 0 Å². The zero-order valence-corrected chi connectivity index (χ0v) is 34.8. The Labute approximate surface area is 328 Å². The largest absolute Gasteiger partial charge is 0.378 e. The van der Waals surface area contributed by atoms with E-state index < -0.39 is 75.6 Å². The van der Waals surface area contributed by atoms with E-state index in [0.29, 0.717) is 32.1 Å². The van der Waals surface area contributed by atoms with E-state index in [1.54, 1.807) is 18.2 Å². The van der Waals surface area contributed by atoms with E-state index in [0.717, 1.165) is 18.4 Å². The van der Waals surface area contributed by atoms with Crippen LogP contribution in [0.15, 0.2) is 47.4 Å². The summed E-state index contributed by atoms with van der Waals surface area (Å²) in [7, 11) is 1.76. The summed E-state index contributed by atoms with van der Waals surface area (Å²) in [5.41, 5.74) is 0.934. The molecule has 8 saturated heterocycles. The number of Topliss-reactive ketones (excluding diaryl/α,β-unsaturated/α-hetero) is 1. The number of ketones is 1. The van der Waals surface area contributed by atoms with Gasteiger partial charge in [0.15, 0.2) is 21.9 Å². The van der Waals surface area contributed by atoms with Crippen LogP contribution in [0.2, 0.25) is 0 Å². The first-order valence-electron chi connectivity index (χ1n) is 19.8. The molecule has 8 heterocycles. The van der Waals surface area contributed by atoms with E-state index in [2.05, 4.69) is 39.4 Å². The Kier molecular flexibility index (Phi) is 12.6. The zero-order chi connectivity index (χ0) is 38.6. The Morgan fingerprint density at radius 1 is 0.891 bits per heavy atom. The number of hydrogen-bond donors (Lipinski definition) is 0. The highest BCUT2D eigenvalue weighted by Gasteiger charge is 2.65. The van der Waals surface area contributed by atoms with E-state index in [9.17, 15) is 8.42 Å². The average Bonchev–Trinajstić information content (AvgIpc) is 3.76. The molecule has 0 aliphatic carbocycles. The molecule has 0 saturated carbocycles. The molecule has 8 aliphatic rings. The molecule has 1 aromatic carbocycles. The molecule has 9 rings (SSSR count). The molecule has 55 heavy (non-hydrogen) atoms. The lowest BCUT2D eigenvalue weighted by Gasteiger charge is -2.47. The molecule has 1 aromatic rings. The minimum Gasteiger partial charge on any atom is -0.378 e. The summed E-state index contributed by atoms with van der Waals surface area (Å²) in [5.74, 6) is -1.14. The number of hydrogen-bond acceptors (Lipinski definition) is 13. The van der Waals surface area contributed by atoms with Gasteiger partial charge in [-0.05, 0) is 49.3 Å². The van der Waals surface area contributed by atoms with Gasteiger partial charge in [0.05, 0.1) is 66.4 Å². The fraction of sp³-hybridized carbons (Fsp3) is 0.769. The minimum atomic E-state index is -4.29. The van der Waals surface area contributed by atoms with Crippen LogP contribution in [0.25, 0.3) is 0 Å². The molecule has 8 fully saturated rings. The highest BCUT2D eigenvalue weighted by atomic mass is 32.2. The number of ether oxygens (including phenoxy) is 8. The number of carbonyl (C=O) groups is 1. The summed E-state index contributed by atoms with van der Waals surface area (Å²) in [4.78, 5) is 15.1. The second-order valence-electron chi connectivity index (χ2n) is 16.3. The van der Waals surface area contributed by atoms with Crippen molar-refractivity contribution in [3.63, 3.8) is 0 Å². The van der Waals surface area contributed by atoms with Gasteiger partial charge in [-0.15, -0.1) is 0 Å². The average molecular weight is 827 g/mol. The number of methoxy groups -OCH3 is 1.